The Morgan fingerprint density at radius 2 is 1.07 bits per heavy atom. The number of nitrogens with zero attached hydrogens (tertiary/aromatic N) is 4. The fourth-order valence-corrected chi connectivity index (χ4v) is 10.4. The van der Waals surface area contributed by atoms with Crippen LogP contribution >= 0.6 is 11.3 Å². The Balaban J connectivity index is 1.14. The molecule has 0 amide bonds. The molecule has 0 aliphatic heterocycles. The molecule has 0 unspecified atom stereocenters. The van der Waals surface area contributed by atoms with Crippen LogP contribution in [0.4, 0.5) is 0 Å². The van der Waals surface area contributed by atoms with Gasteiger partial charge in [-0.3, -0.25) is 0 Å². The fraction of sp³-hybridized carbons (Fsp3) is 0. The molecule has 0 saturated heterocycles. The van der Waals surface area contributed by atoms with E-state index < -0.39 is 0 Å². The van der Waals surface area contributed by atoms with E-state index in [1.165, 1.54) is 37.0 Å². The number of fused-ring (bicyclic) bond motifs is 10. The third-order valence-corrected chi connectivity index (χ3v) is 13.3. The van der Waals surface area contributed by atoms with Crippen molar-refractivity contribution in [2.24, 2.45) is 0 Å². The Hall–Kier alpha value is -7.93. The highest BCUT2D eigenvalue weighted by atomic mass is 32.1. The van der Waals surface area contributed by atoms with E-state index in [2.05, 4.69) is 180 Å². The number of aromatic nitrogens is 4. The molecule has 9 aromatic carbocycles. The molecule has 0 bridgehead atoms. The summed E-state index contributed by atoms with van der Waals surface area (Å²) in [6, 6.07) is 68.5. The number of benzene rings is 9. The molecule has 4 aromatic heterocycles. The quantitative estimate of drug-likeness (QED) is 0.174. The van der Waals surface area contributed by atoms with E-state index >= 15 is 0 Å². The van der Waals surface area contributed by atoms with E-state index in [-0.39, 0.29) is 0 Å². The van der Waals surface area contributed by atoms with Crippen LogP contribution in [0.2, 0.25) is 0 Å². The lowest BCUT2D eigenvalue weighted by Crippen LogP contribution is -2.04. The average molecular weight is 797 g/mol. The van der Waals surface area contributed by atoms with Gasteiger partial charge in [0.15, 0.2) is 17.5 Å². The van der Waals surface area contributed by atoms with Gasteiger partial charge >= 0.3 is 0 Å². The van der Waals surface area contributed by atoms with Crippen LogP contribution in [-0.2, 0) is 0 Å². The van der Waals surface area contributed by atoms with Crippen LogP contribution in [-0.4, -0.2) is 19.5 Å². The van der Waals surface area contributed by atoms with Crippen molar-refractivity contribution in [3.8, 4) is 51.0 Å². The zero-order valence-corrected chi connectivity index (χ0v) is 33.4. The molecule has 0 saturated carbocycles. The van der Waals surface area contributed by atoms with Crippen molar-refractivity contribution >= 4 is 86.0 Å². The molecule has 0 spiro atoms. The van der Waals surface area contributed by atoms with Gasteiger partial charge in [-0.1, -0.05) is 146 Å². The largest absolute Gasteiger partial charge is 0.455 e. The maximum Gasteiger partial charge on any atom is 0.170 e. The highest BCUT2D eigenvalue weighted by molar-refractivity contribution is 7.26. The van der Waals surface area contributed by atoms with Crippen molar-refractivity contribution in [1.29, 1.82) is 0 Å². The minimum atomic E-state index is 0.539. The molecular weight excluding hydrogens is 765 g/mol. The first-order chi connectivity index (χ1) is 30.2. The van der Waals surface area contributed by atoms with Crippen LogP contribution in [0.15, 0.2) is 199 Å². The first-order valence-electron chi connectivity index (χ1n) is 20.4. The summed E-state index contributed by atoms with van der Waals surface area (Å²) in [7, 11) is 0. The van der Waals surface area contributed by atoms with Gasteiger partial charge < -0.3 is 8.98 Å². The lowest BCUT2D eigenvalue weighted by molar-refractivity contribution is 0.669. The monoisotopic (exact) mass is 796 g/mol. The van der Waals surface area contributed by atoms with Crippen molar-refractivity contribution in [3.63, 3.8) is 0 Å². The smallest absolute Gasteiger partial charge is 0.170 e. The van der Waals surface area contributed by atoms with Crippen LogP contribution in [0.1, 0.15) is 0 Å². The van der Waals surface area contributed by atoms with Crippen molar-refractivity contribution in [3.05, 3.63) is 194 Å². The molecule has 5 nitrogen and oxygen atoms in total. The van der Waals surface area contributed by atoms with Gasteiger partial charge in [-0.25, -0.2) is 15.0 Å². The topological polar surface area (TPSA) is 56.7 Å². The van der Waals surface area contributed by atoms with Crippen LogP contribution in [0, 0.1) is 0 Å². The highest BCUT2D eigenvalue weighted by Crippen LogP contribution is 2.44. The maximum atomic E-state index is 6.93. The second kappa shape index (κ2) is 13.3. The molecule has 0 aliphatic carbocycles. The van der Waals surface area contributed by atoms with Crippen LogP contribution < -0.4 is 0 Å². The molecular formula is C55H32N4OS. The van der Waals surface area contributed by atoms with E-state index in [9.17, 15) is 0 Å². The molecule has 61 heavy (non-hydrogen) atoms. The van der Waals surface area contributed by atoms with Crippen molar-refractivity contribution in [2.45, 2.75) is 0 Å². The third kappa shape index (κ3) is 5.29. The number of furan rings is 1. The molecule has 0 aliphatic rings. The van der Waals surface area contributed by atoms with Crippen molar-refractivity contribution < 1.29 is 4.42 Å². The molecule has 284 valence electrons. The van der Waals surface area contributed by atoms with Gasteiger partial charge in [-0.05, 0) is 70.4 Å². The Bertz CT molecular complexity index is 3880. The second-order valence-electron chi connectivity index (χ2n) is 15.5. The standard InChI is InChI=1S/C55H32N4OS/c1-2-13-33(14-3-1)34-25-27-35(28-26-34)53-56-54(43-21-12-20-42-40-19-8-11-24-49(40)61-52(42)43)58-55(57-53)50-46(30-29-41-39-18-7-10-23-48(39)60-51(41)50)59-45-22-9-6-17-38(45)44-31-36-15-4-5-16-37(36)32-47(44)59/h1-32H. The molecule has 13 aromatic rings. The molecule has 13 rings (SSSR count). The average Bonchev–Trinajstić information content (AvgIpc) is 4.00. The van der Waals surface area contributed by atoms with E-state index in [1.54, 1.807) is 11.3 Å². The van der Waals surface area contributed by atoms with Crippen molar-refractivity contribution in [1.82, 2.24) is 19.5 Å². The molecule has 0 radical (unpaired) electrons. The summed E-state index contributed by atoms with van der Waals surface area (Å²) in [4.78, 5) is 16.2. The van der Waals surface area contributed by atoms with Crippen LogP contribution in [0.25, 0.3) is 126 Å². The lowest BCUT2D eigenvalue weighted by Gasteiger charge is -2.15. The summed E-state index contributed by atoms with van der Waals surface area (Å²) in [5.74, 6) is 1.73. The zero-order valence-electron chi connectivity index (χ0n) is 32.6. The Kier molecular flexibility index (Phi) is 7.41. The predicted octanol–water partition coefficient (Wildman–Crippen LogP) is 15.1. The van der Waals surface area contributed by atoms with Gasteiger partial charge in [0.05, 0.1) is 22.3 Å². The second-order valence-corrected chi connectivity index (χ2v) is 16.6. The minimum Gasteiger partial charge on any atom is -0.455 e. The van der Waals surface area contributed by atoms with Gasteiger partial charge in [-0.2, -0.15) is 0 Å². The molecule has 0 N–H and O–H groups in total. The normalized spacial score (nSPS) is 11.9. The summed E-state index contributed by atoms with van der Waals surface area (Å²) < 4.78 is 11.7. The minimum absolute atomic E-state index is 0.539. The number of thiophene rings is 1. The van der Waals surface area contributed by atoms with Crippen LogP contribution in [0.3, 0.4) is 0 Å². The van der Waals surface area contributed by atoms with E-state index in [4.69, 9.17) is 19.4 Å². The fourth-order valence-electron chi connectivity index (χ4n) is 9.20. The maximum absolute atomic E-state index is 6.93. The van der Waals surface area contributed by atoms with E-state index in [0.717, 1.165) is 71.2 Å². The number of para-hydroxylation sites is 2. The Morgan fingerprint density at radius 1 is 0.410 bits per heavy atom. The summed E-state index contributed by atoms with van der Waals surface area (Å²) in [6.07, 6.45) is 0. The highest BCUT2D eigenvalue weighted by Gasteiger charge is 2.25. The van der Waals surface area contributed by atoms with Gasteiger partial charge in [-0.15, -0.1) is 11.3 Å². The summed E-state index contributed by atoms with van der Waals surface area (Å²) in [5, 5.41) is 9.18. The van der Waals surface area contributed by atoms with Gasteiger partial charge in [0.2, 0.25) is 0 Å². The Labute approximate surface area is 353 Å². The zero-order chi connectivity index (χ0) is 40.0. The molecule has 0 fully saturated rings. The molecule has 6 heteroatoms. The summed E-state index contributed by atoms with van der Waals surface area (Å²) in [5.41, 5.74) is 9.60. The SMILES string of the molecule is c1ccc(-c2ccc(-c3nc(-c4c(-n5c6ccccc6c6cc7ccccc7cc65)ccc5c4oc4ccccc45)nc(-c4cccc5c4sc4ccccc45)n3)cc2)cc1. The molecule has 0 atom stereocenters. The first-order valence-corrected chi connectivity index (χ1v) is 21.2. The predicted molar refractivity (Wildman–Crippen MR) is 254 cm³/mol. The van der Waals surface area contributed by atoms with Gasteiger partial charge in [0.1, 0.15) is 11.2 Å². The first kappa shape index (κ1) is 34.0. The third-order valence-electron chi connectivity index (χ3n) is 12.1. The van der Waals surface area contributed by atoms with Gasteiger partial charge in [0.25, 0.3) is 0 Å². The van der Waals surface area contributed by atoms with E-state index in [0.29, 0.717) is 17.5 Å². The summed E-state index contributed by atoms with van der Waals surface area (Å²) >= 11 is 1.77. The lowest BCUT2D eigenvalue weighted by atomic mass is 10.0. The van der Waals surface area contributed by atoms with Gasteiger partial charge in [0, 0.05) is 52.8 Å². The number of hydrogen-bond donors (Lipinski definition) is 0. The summed E-state index contributed by atoms with van der Waals surface area (Å²) in [6.45, 7) is 0. The van der Waals surface area contributed by atoms with Crippen molar-refractivity contribution in [2.75, 3.05) is 0 Å². The van der Waals surface area contributed by atoms with E-state index in [1.807, 2.05) is 18.2 Å². The Morgan fingerprint density at radius 3 is 1.93 bits per heavy atom. The van der Waals surface area contributed by atoms with Crippen LogP contribution in [0.5, 0.6) is 0 Å². The molecule has 4 heterocycles. The number of hydrogen-bond acceptors (Lipinski definition) is 5. The number of rotatable bonds is 5.